The molecule has 1 saturated carbocycles. The zero-order chi connectivity index (χ0) is 12.5. The van der Waals surface area contributed by atoms with Gasteiger partial charge in [-0.05, 0) is 42.4 Å². The van der Waals surface area contributed by atoms with Crippen molar-refractivity contribution in [2.75, 3.05) is 6.54 Å². The average molecular weight is 256 g/mol. The van der Waals surface area contributed by atoms with Crippen molar-refractivity contribution >= 4 is 11.6 Å². The van der Waals surface area contributed by atoms with Crippen molar-refractivity contribution in [1.29, 1.82) is 0 Å². The van der Waals surface area contributed by atoms with Gasteiger partial charge in [0.2, 0.25) is 0 Å². The Kier molecular flexibility index (Phi) is 3.74. The second-order valence-corrected chi connectivity index (χ2v) is 5.86. The molecule has 2 rings (SSSR count). The van der Waals surface area contributed by atoms with Crippen LogP contribution in [0.25, 0.3) is 0 Å². The highest BCUT2D eigenvalue weighted by Crippen LogP contribution is 2.48. The van der Waals surface area contributed by atoms with Gasteiger partial charge in [0.15, 0.2) is 0 Å². The molecule has 1 aromatic carbocycles. The highest BCUT2D eigenvalue weighted by molar-refractivity contribution is 6.31. The Morgan fingerprint density at radius 3 is 2.65 bits per heavy atom. The fraction of sp³-hybridized carbons (Fsp3) is 0.571. The zero-order valence-corrected chi connectivity index (χ0v) is 11.1. The highest BCUT2D eigenvalue weighted by Gasteiger charge is 2.42. The summed E-state index contributed by atoms with van der Waals surface area (Å²) in [6.45, 7) is 5.33. The lowest BCUT2D eigenvalue weighted by Crippen LogP contribution is -2.31. The summed E-state index contributed by atoms with van der Waals surface area (Å²) in [6, 6.07) is 5.22. The van der Waals surface area contributed by atoms with Crippen LogP contribution in [0, 0.1) is 11.2 Å². The molecule has 3 heteroatoms. The lowest BCUT2D eigenvalue weighted by molar-refractivity contribution is 0.429. The topological polar surface area (TPSA) is 12.0 Å². The molecule has 0 saturated heterocycles. The first-order chi connectivity index (χ1) is 8.01. The van der Waals surface area contributed by atoms with Crippen LogP contribution in [0.4, 0.5) is 4.39 Å². The van der Waals surface area contributed by atoms with Crippen molar-refractivity contribution < 1.29 is 4.39 Å². The second-order valence-electron chi connectivity index (χ2n) is 5.45. The number of halogens is 2. The average Bonchev–Trinajstić information content (AvgIpc) is 3.00. The number of rotatable bonds is 5. The molecule has 0 atom stereocenters. The first kappa shape index (κ1) is 12.8. The Bertz CT molecular complexity index is 399. The molecule has 0 aromatic heterocycles. The predicted octanol–water partition coefficient (Wildman–Crippen LogP) is 3.80. The van der Waals surface area contributed by atoms with E-state index in [1.54, 1.807) is 0 Å². The minimum Gasteiger partial charge on any atom is -0.314 e. The number of benzene rings is 1. The summed E-state index contributed by atoms with van der Waals surface area (Å²) in [5.74, 6) is -0.260. The molecule has 0 unspecified atom stereocenters. The van der Waals surface area contributed by atoms with Gasteiger partial charge in [-0.15, -0.1) is 0 Å². The molecule has 0 heterocycles. The van der Waals surface area contributed by atoms with E-state index in [1.807, 2.05) is 6.07 Å². The number of nitrogens with one attached hydrogen (secondary N) is 1. The largest absolute Gasteiger partial charge is 0.314 e. The van der Waals surface area contributed by atoms with Gasteiger partial charge in [0.25, 0.3) is 0 Å². The summed E-state index contributed by atoms with van der Waals surface area (Å²) in [6.07, 6.45) is 3.42. The molecule has 0 bridgehead atoms. The molecule has 0 radical (unpaired) electrons. The van der Waals surface area contributed by atoms with Gasteiger partial charge in [0.1, 0.15) is 5.82 Å². The maximum absolute atomic E-state index is 13.0. The van der Waals surface area contributed by atoms with Crippen molar-refractivity contribution in [1.82, 2.24) is 5.32 Å². The molecular formula is C14H19ClFN. The molecule has 1 aliphatic carbocycles. The summed E-state index contributed by atoms with van der Waals surface area (Å²) in [7, 11) is 0. The van der Waals surface area contributed by atoms with Crippen molar-refractivity contribution in [2.24, 2.45) is 5.41 Å². The monoisotopic (exact) mass is 255 g/mol. The minimum atomic E-state index is -0.260. The quantitative estimate of drug-likeness (QED) is 0.844. The molecule has 94 valence electrons. The molecule has 1 aromatic rings. The molecule has 1 N–H and O–H groups in total. The van der Waals surface area contributed by atoms with E-state index >= 15 is 0 Å². The van der Waals surface area contributed by atoms with E-state index < -0.39 is 0 Å². The maximum atomic E-state index is 13.0. The van der Waals surface area contributed by atoms with Crippen LogP contribution in [-0.2, 0) is 6.42 Å². The smallest absolute Gasteiger partial charge is 0.124 e. The van der Waals surface area contributed by atoms with Crippen LogP contribution in [0.3, 0.4) is 0 Å². The van der Waals surface area contributed by atoms with E-state index in [1.165, 1.54) is 25.0 Å². The summed E-state index contributed by atoms with van der Waals surface area (Å²) >= 11 is 6.07. The third-order valence-corrected chi connectivity index (χ3v) is 3.77. The van der Waals surface area contributed by atoms with Crippen molar-refractivity contribution in [3.8, 4) is 0 Å². The summed E-state index contributed by atoms with van der Waals surface area (Å²) in [5.41, 5.74) is 1.42. The first-order valence-electron chi connectivity index (χ1n) is 6.18. The van der Waals surface area contributed by atoms with E-state index in [0.29, 0.717) is 16.5 Å². The van der Waals surface area contributed by atoms with E-state index in [0.717, 1.165) is 18.5 Å². The van der Waals surface area contributed by atoms with Crippen molar-refractivity contribution in [2.45, 2.75) is 39.2 Å². The van der Waals surface area contributed by atoms with E-state index in [-0.39, 0.29) is 5.82 Å². The van der Waals surface area contributed by atoms with Crippen LogP contribution in [0.15, 0.2) is 18.2 Å². The fourth-order valence-electron chi connectivity index (χ4n) is 2.08. The predicted molar refractivity (Wildman–Crippen MR) is 69.9 cm³/mol. The van der Waals surface area contributed by atoms with Crippen LogP contribution < -0.4 is 5.32 Å². The normalized spacial score (nSPS) is 17.5. The van der Waals surface area contributed by atoms with E-state index in [4.69, 9.17) is 11.6 Å². The lowest BCUT2D eigenvalue weighted by Gasteiger charge is -2.18. The standard InChI is InChI=1S/C14H19ClFN/c1-10(2)17-9-14(5-6-14)8-11-3-4-12(16)7-13(11)15/h3-4,7,10,17H,5-6,8-9H2,1-2H3. The molecule has 1 aliphatic rings. The van der Waals surface area contributed by atoms with Gasteiger partial charge >= 0.3 is 0 Å². The van der Waals surface area contributed by atoms with Crippen LogP contribution in [0.1, 0.15) is 32.3 Å². The van der Waals surface area contributed by atoms with E-state index in [9.17, 15) is 4.39 Å². The van der Waals surface area contributed by atoms with Crippen molar-refractivity contribution in [3.05, 3.63) is 34.6 Å². The Morgan fingerprint density at radius 2 is 2.12 bits per heavy atom. The van der Waals surface area contributed by atoms with Gasteiger partial charge in [0, 0.05) is 17.6 Å². The summed E-state index contributed by atoms with van der Waals surface area (Å²) in [4.78, 5) is 0. The van der Waals surface area contributed by atoms with Gasteiger partial charge < -0.3 is 5.32 Å². The lowest BCUT2D eigenvalue weighted by atomic mass is 9.96. The third kappa shape index (κ3) is 3.43. The van der Waals surface area contributed by atoms with Crippen molar-refractivity contribution in [3.63, 3.8) is 0 Å². The van der Waals surface area contributed by atoms with E-state index in [2.05, 4.69) is 19.2 Å². The Balaban J connectivity index is 2.00. The second kappa shape index (κ2) is 4.95. The molecule has 1 fully saturated rings. The zero-order valence-electron chi connectivity index (χ0n) is 10.4. The molecule has 0 amide bonds. The van der Waals surface area contributed by atoms with Crippen LogP contribution in [0.5, 0.6) is 0 Å². The summed E-state index contributed by atoms with van der Waals surface area (Å²) in [5, 5.41) is 4.04. The summed E-state index contributed by atoms with van der Waals surface area (Å²) < 4.78 is 13.0. The third-order valence-electron chi connectivity index (χ3n) is 3.42. The van der Waals surface area contributed by atoms with Crippen LogP contribution in [-0.4, -0.2) is 12.6 Å². The SMILES string of the molecule is CC(C)NCC1(Cc2ccc(F)cc2Cl)CC1. The molecular weight excluding hydrogens is 237 g/mol. The van der Waals surface area contributed by atoms with Crippen LogP contribution >= 0.6 is 11.6 Å². The van der Waals surface area contributed by atoms with Gasteiger partial charge in [-0.3, -0.25) is 0 Å². The molecule has 0 spiro atoms. The molecule has 17 heavy (non-hydrogen) atoms. The van der Waals surface area contributed by atoms with Crippen LogP contribution in [0.2, 0.25) is 5.02 Å². The number of hydrogen-bond donors (Lipinski definition) is 1. The fourth-order valence-corrected chi connectivity index (χ4v) is 2.32. The number of hydrogen-bond acceptors (Lipinski definition) is 1. The Morgan fingerprint density at radius 1 is 1.41 bits per heavy atom. The molecule has 0 aliphatic heterocycles. The molecule has 1 nitrogen and oxygen atoms in total. The minimum absolute atomic E-state index is 0.260. The highest BCUT2D eigenvalue weighted by atomic mass is 35.5. The van der Waals surface area contributed by atoms with Gasteiger partial charge in [-0.1, -0.05) is 31.5 Å². The maximum Gasteiger partial charge on any atom is 0.124 e. The van der Waals surface area contributed by atoms with Gasteiger partial charge in [-0.25, -0.2) is 4.39 Å². The Hall–Kier alpha value is -0.600. The van der Waals surface area contributed by atoms with Gasteiger partial charge in [-0.2, -0.15) is 0 Å². The first-order valence-corrected chi connectivity index (χ1v) is 6.56. The van der Waals surface area contributed by atoms with Gasteiger partial charge in [0.05, 0.1) is 0 Å². The Labute approximate surface area is 107 Å².